The third-order valence-corrected chi connectivity index (χ3v) is 6.47. The van der Waals surface area contributed by atoms with Gasteiger partial charge in [-0.3, -0.25) is 0 Å². The molecule has 0 saturated heterocycles. The molecule has 0 amide bonds. The molecule has 0 radical (unpaired) electrons. The van der Waals surface area contributed by atoms with Crippen LogP contribution >= 0.6 is 0 Å². The Hall–Kier alpha value is -5.58. The average molecular weight is 610 g/mol. The largest absolute Gasteiger partial charge is 0.451 e. The molecule has 0 unspecified atom stereocenters. The Kier molecular flexibility index (Phi) is 6.88. The van der Waals surface area contributed by atoms with E-state index in [1.807, 2.05) is 0 Å². The summed E-state index contributed by atoms with van der Waals surface area (Å²) in [6.07, 6.45) is -6.67. The number of rotatable bonds is 4. The van der Waals surface area contributed by atoms with Gasteiger partial charge in [-0.05, 0) is 48.5 Å². The topological polar surface area (TPSA) is 110 Å². The first-order valence-corrected chi connectivity index (χ1v) is 12.7. The van der Waals surface area contributed by atoms with E-state index in [4.69, 9.17) is 0 Å². The highest BCUT2D eigenvalue weighted by molar-refractivity contribution is 6.10. The number of pyridine rings is 2. The zero-order valence-electron chi connectivity index (χ0n) is 22.0. The number of hydrogen-bond donors (Lipinski definition) is 2. The zero-order chi connectivity index (χ0) is 31.2. The molecule has 8 nitrogen and oxygen atoms in total. The van der Waals surface area contributed by atoms with Crippen LogP contribution in [0.2, 0.25) is 0 Å². The van der Waals surface area contributed by atoms with Crippen LogP contribution in [0.4, 0.5) is 26.3 Å². The standard InChI is InChI=1S/C30H16F6N4O4/c31-29(32,33)13-43-27(41)23-9-19-17-7-15(3-5-21(17)39-25(19)11-37-23)1-2-16-4-6-22-18(8-16)20-10-24(38-12-26(20)40-22)28(42)44-14-30(34,35)36/h3-12,39-40H,13-14H2. The highest BCUT2D eigenvalue weighted by Gasteiger charge is 2.31. The Morgan fingerprint density at radius 2 is 1.00 bits per heavy atom. The van der Waals surface area contributed by atoms with Gasteiger partial charge in [-0.1, -0.05) is 11.8 Å². The second-order valence-corrected chi connectivity index (χ2v) is 9.63. The number of aromatic nitrogens is 4. The zero-order valence-corrected chi connectivity index (χ0v) is 22.0. The van der Waals surface area contributed by atoms with Crippen LogP contribution in [0.3, 0.4) is 0 Å². The van der Waals surface area contributed by atoms with Crippen molar-refractivity contribution in [1.29, 1.82) is 0 Å². The fourth-order valence-electron chi connectivity index (χ4n) is 4.56. The lowest BCUT2D eigenvalue weighted by atomic mass is 10.1. The minimum absolute atomic E-state index is 0.279. The molecule has 0 aliphatic carbocycles. The second-order valence-electron chi connectivity index (χ2n) is 9.63. The fourth-order valence-corrected chi connectivity index (χ4v) is 4.56. The quantitative estimate of drug-likeness (QED) is 0.133. The molecule has 0 aliphatic rings. The van der Waals surface area contributed by atoms with Crippen molar-refractivity contribution in [3.63, 3.8) is 0 Å². The first-order chi connectivity index (χ1) is 20.8. The molecule has 44 heavy (non-hydrogen) atoms. The van der Waals surface area contributed by atoms with Gasteiger partial charge in [0, 0.05) is 43.7 Å². The van der Waals surface area contributed by atoms with Gasteiger partial charge < -0.3 is 19.4 Å². The van der Waals surface area contributed by atoms with Gasteiger partial charge in [0.05, 0.1) is 23.4 Å². The Morgan fingerprint density at radius 3 is 1.39 bits per heavy atom. The number of aromatic amines is 2. The number of carbonyl (C=O) groups excluding carboxylic acids is 2. The van der Waals surface area contributed by atoms with Gasteiger partial charge in [0.1, 0.15) is 11.4 Å². The van der Waals surface area contributed by atoms with E-state index >= 15 is 0 Å². The van der Waals surface area contributed by atoms with E-state index in [1.165, 1.54) is 24.5 Å². The Balaban J connectivity index is 1.29. The van der Waals surface area contributed by atoms with Gasteiger partial charge in [0.15, 0.2) is 13.2 Å². The van der Waals surface area contributed by atoms with Crippen LogP contribution in [0.5, 0.6) is 0 Å². The van der Waals surface area contributed by atoms with Gasteiger partial charge in [-0.2, -0.15) is 26.3 Å². The van der Waals surface area contributed by atoms with Crippen LogP contribution in [0, 0.1) is 11.8 Å². The van der Waals surface area contributed by atoms with Gasteiger partial charge in [-0.15, -0.1) is 0 Å². The van der Waals surface area contributed by atoms with Crippen LogP contribution in [-0.4, -0.2) is 57.4 Å². The van der Waals surface area contributed by atoms with Crippen molar-refractivity contribution < 1.29 is 45.4 Å². The highest BCUT2D eigenvalue weighted by atomic mass is 19.4. The molecule has 0 atom stereocenters. The first kappa shape index (κ1) is 28.5. The summed E-state index contributed by atoms with van der Waals surface area (Å²) in [6, 6.07) is 13.2. The minimum atomic E-state index is -4.67. The summed E-state index contributed by atoms with van der Waals surface area (Å²) in [7, 11) is 0. The highest BCUT2D eigenvalue weighted by Crippen LogP contribution is 2.28. The monoisotopic (exact) mass is 610 g/mol. The number of hydrogen-bond acceptors (Lipinski definition) is 6. The van der Waals surface area contributed by atoms with Crippen molar-refractivity contribution in [1.82, 2.24) is 19.9 Å². The summed E-state index contributed by atoms with van der Waals surface area (Å²) >= 11 is 0. The van der Waals surface area contributed by atoms with E-state index < -0.39 is 37.5 Å². The Morgan fingerprint density at radius 1 is 0.614 bits per heavy atom. The number of esters is 2. The summed E-state index contributed by atoms with van der Waals surface area (Å²) in [5, 5.41) is 2.39. The van der Waals surface area contributed by atoms with Gasteiger partial charge >= 0.3 is 24.3 Å². The third-order valence-electron chi connectivity index (χ3n) is 6.47. The van der Waals surface area contributed by atoms with Crippen LogP contribution in [-0.2, 0) is 9.47 Å². The molecular weight excluding hydrogens is 594 g/mol. The number of nitrogens with one attached hydrogen (secondary N) is 2. The van der Waals surface area contributed by atoms with E-state index in [1.54, 1.807) is 36.4 Å². The van der Waals surface area contributed by atoms with E-state index in [9.17, 15) is 35.9 Å². The van der Waals surface area contributed by atoms with Crippen molar-refractivity contribution in [2.24, 2.45) is 0 Å². The van der Waals surface area contributed by atoms with Crippen molar-refractivity contribution in [3.8, 4) is 11.8 Å². The molecule has 6 rings (SSSR count). The number of benzene rings is 2. The SMILES string of the molecule is O=C(OCC(F)(F)F)c1cc2c(cn1)[nH]c1ccc(C#Cc3ccc4[nH]c5cnc(C(=O)OCC(F)(F)F)cc5c4c3)cc12. The molecule has 6 aromatic rings. The summed E-state index contributed by atoms with van der Waals surface area (Å²) in [6.45, 7) is -3.45. The van der Waals surface area contributed by atoms with E-state index in [0.29, 0.717) is 54.7 Å². The van der Waals surface area contributed by atoms with E-state index in [0.717, 1.165) is 0 Å². The summed E-state index contributed by atoms with van der Waals surface area (Å²) < 4.78 is 83.3. The van der Waals surface area contributed by atoms with Crippen molar-refractivity contribution >= 4 is 55.6 Å². The minimum Gasteiger partial charge on any atom is -0.451 e. The van der Waals surface area contributed by atoms with E-state index in [2.05, 4.69) is 41.3 Å². The maximum Gasteiger partial charge on any atom is 0.422 e. The molecular formula is C30H16F6N4O4. The molecule has 4 aromatic heterocycles. The normalized spacial score (nSPS) is 12.0. The molecule has 14 heteroatoms. The smallest absolute Gasteiger partial charge is 0.422 e. The number of carbonyl (C=O) groups is 2. The third kappa shape index (κ3) is 5.98. The predicted octanol–water partition coefficient (Wildman–Crippen LogP) is 6.58. The molecule has 0 saturated carbocycles. The average Bonchev–Trinajstić information content (AvgIpc) is 3.53. The second kappa shape index (κ2) is 10.6. The maximum atomic E-state index is 12.4. The number of H-pyrrole nitrogens is 2. The molecule has 0 bridgehead atoms. The fraction of sp³-hybridized carbons (Fsp3) is 0.133. The number of halogens is 6. The molecule has 2 aromatic carbocycles. The van der Waals surface area contributed by atoms with Gasteiger partial charge in [-0.25, -0.2) is 19.6 Å². The first-order valence-electron chi connectivity index (χ1n) is 12.7. The maximum absolute atomic E-state index is 12.4. The summed E-state index contributed by atoms with van der Waals surface area (Å²) in [5.74, 6) is 3.69. The number of fused-ring (bicyclic) bond motifs is 6. The Bertz CT molecular complexity index is 2020. The van der Waals surface area contributed by atoms with Crippen LogP contribution in [0.25, 0.3) is 43.6 Å². The van der Waals surface area contributed by atoms with Gasteiger partial charge in [0.25, 0.3) is 0 Å². The molecule has 0 aliphatic heterocycles. The van der Waals surface area contributed by atoms with E-state index in [-0.39, 0.29) is 11.4 Å². The molecule has 222 valence electrons. The van der Waals surface area contributed by atoms with Crippen LogP contribution in [0.15, 0.2) is 60.9 Å². The lowest BCUT2D eigenvalue weighted by Crippen LogP contribution is -2.20. The Labute approximate surface area is 242 Å². The lowest BCUT2D eigenvalue weighted by Gasteiger charge is -2.07. The number of ether oxygens (including phenoxy) is 2. The number of nitrogens with zero attached hydrogens (tertiary/aromatic N) is 2. The lowest BCUT2D eigenvalue weighted by molar-refractivity contribution is -0.162. The van der Waals surface area contributed by atoms with Crippen molar-refractivity contribution in [3.05, 3.63) is 83.4 Å². The van der Waals surface area contributed by atoms with Gasteiger partial charge in [0.2, 0.25) is 0 Å². The van der Waals surface area contributed by atoms with Crippen molar-refractivity contribution in [2.75, 3.05) is 13.2 Å². The summed E-state index contributed by atoms with van der Waals surface area (Å²) in [5.41, 5.74) is 3.11. The molecule has 0 spiro atoms. The number of alkyl halides is 6. The summed E-state index contributed by atoms with van der Waals surface area (Å²) in [4.78, 5) is 38.3. The van der Waals surface area contributed by atoms with Crippen LogP contribution in [0.1, 0.15) is 32.1 Å². The molecule has 4 heterocycles. The predicted molar refractivity (Wildman–Crippen MR) is 146 cm³/mol. The van der Waals surface area contributed by atoms with Crippen LogP contribution < -0.4 is 0 Å². The molecule has 2 N–H and O–H groups in total. The van der Waals surface area contributed by atoms with Crippen molar-refractivity contribution in [2.45, 2.75) is 12.4 Å². The molecule has 0 fully saturated rings.